The van der Waals surface area contributed by atoms with Gasteiger partial charge in [-0.15, -0.1) is 6.58 Å². The molecule has 0 aromatic carbocycles. The molecule has 0 aliphatic rings. The van der Waals surface area contributed by atoms with Crippen LogP contribution in [0.3, 0.4) is 0 Å². The lowest BCUT2D eigenvalue weighted by Crippen LogP contribution is -1.89. The third-order valence-electron chi connectivity index (χ3n) is 0.778. The van der Waals surface area contributed by atoms with Crippen molar-refractivity contribution in [2.24, 2.45) is 0 Å². The van der Waals surface area contributed by atoms with Crippen LogP contribution in [0.5, 0.6) is 0 Å². The molecule has 0 saturated carbocycles. The maximum absolute atomic E-state index is 5.01. The standard InChI is InChI=1S/C7H12O2S/c1-4-5-9-10-6-7(2)8-3/h4H,1-2,5-6H2,3H3. The minimum Gasteiger partial charge on any atom is -0.501 e. The molecule has 0 amide bonds. The van der Waals surface area contributed by atoms with Gasteiger partial charge in [0.15, 0.2) is 0 Å². The van der Waals surface area contributed by atoms with Crippen LogP contribution in [0.25, 0.3) is 0 Å². The summed E-state index contributed by atoms with van der Waals surface area (Å²) < 4.78 is 9.82. The van der Waals surface area contributed by atoms with Crippen molar-refractivity contribution in [1.82, 2.24) is 0 Å². The van der Waals surface area contributed by atoms with Crippen molar-refractivity contribution in [3.05, 3.63) is 25.0 Å². The molecule has 0 saturated heterocycles. The fourth-order valence-corrected chi connectivity index (χ4v) is 0.788. The SMILES string of the molecule is C=CCOSCC(=C)OC. The Balaban J connectivity index is 3.03. The van der Waals surface area contributed by atoms with Crippen molar-refractivity contribution in [2.45, 2.75) is 0 Å². The Hall–Kier alpha value is -0.410. The van der Waals surface area contributed by atoms with E-state index in [0.717, 1.165) is 0 Å². The van der Waals surface area contributed by atoms with E-state index in [0.29, 0.717) is 18.1 Å². The molecule has 0 aliphatic heterocycles. The highest BCUT2D eigenvalue weighted by molar-refractivity contribution is 7.94. The molecule has 0 aromatic heterocycles. The quantitative estimate of drug-likeness (QED) is 0.256. The lowest BCUT2D eigenvalue weighted by Gasteiger charge is -2.01. The van der Waals surface area contributed by atoms with Crippen LogP contribution in [0, 0.1) is 0 Å². The third-order valence-corrected chi connectivity index (χ3v) is 1.52. The van der Waals surface area contributed by atoms with Gasteiger partial charge in [0, 0.05) is 0 Å². The van der Waals surface area contributed by atoms with E-state index in [1.807, 2.05) is 0 Å². The van der Waals surface area contributed by atoms with Crippen LogP contribution in [0.15, 0.2) is 25.0 Å². The molecule has 0 heterocycles. The number of hydrogen-bond donors (Lipinski definition) is 0. The number of hydrogen-bond acceptors (Lipinski definition) is 3. The summed E-state index contributed by atoms with van der Waals surface area (Å²) >= 11 is 1.31. The average molecular weight is 160 g/mol. The molecule has 0 fully saturated rings. The van der Waals surface area contributed by atoms with Crippen LogP contribution in [-0.2, 0) is 8.92 Å². The van der Waals surface area contributed by atoms with Gasteiger partial charge in [0.2, 0.25) is 0 Å². The molecule has 0 spiro atoms. The first-order chi connectivity index (χ1) is 4.81. The van der Waals surface area contributed by atoms with Crippen LogP contribution < -0.4 is 0 Å². The molecule has 10 heavy (non-hydrogen) atoms. The van der Waals surface area contributed by atoms with E-state index in [-0.39, 0.29) is 0 Å². The molecular weight excluding hydrogens is 148 g/mol. The third kappa shape index (κ3) is 5.72. The maximum Gasteiger partial charge on any atom is 0.101 e. The lowest BCUT2D eigenvalue weighted by atomic mass is 10.7. The second kappa shape index (κ2) is 6.71. The van der Waals surface area contributed by atoms with Gasteiger partial charge in [-0.25, -0.2) is 0 Å². The fourth-order valence-electron chi connectivity index (χ4n) is 0.263. The Bertz CT molecular complexity index is 112. The van der Waals surface area contributed by atoms with Crippen LogP contribution in [0.2, 0.25) is 0 Å². The Morgan fingerprint density at radius 2 is 2.40 bits per heavy atom. The predicted octanol–water partition coefficient (Wildman–Crippen LogP) is 2.00. The largest absolute Gasteiger partial charge is 0.501 e. The molecule has 0 N–H and O–H groups in total. The highest BCUT2D eigenvalue weighted by Gasteiger charge is 1.91. The van der Waals surface area contributed by atoms with Crippen molar-refractivity contribution in [2.75, 3.05) is 19.5 Å². The van der Waals surface area contributed by atoms with E-state index in [2.05, 4.69) is 13.2 Å². The van der Waals surface area contributed by atoms with Crippen LogP contribution in [0.4, 0.5) is 0 Å². The maximum atomic E-state index is 5.01. The summed E-state index contributed by atoms with van der Waals surface area (Å²) in [6.45, 7) is 7.68. The molecular formula is C7H12O2S. The molecule has 3 heteroatoms. The Morgan fingerprint density at radius 1 is 1.70 bits per heavy atom. The second-order valence-electron chi connectivity index (χ2n) is 1.58. The molecule has 0 aromatic rings. The first-order valence-corrected chi connectivity index (χ1v) is 3.79. The van der Waals surface area contributed by atoms with Crippen molar-refractivity contribution in [3.63, 3.8) is 0 Å². The summed E-state index contributed by atoms with van der Waals surface area (Å²) in [6.07, 6.45) is 1.70. The monoisotopic (exact) mass is 160 g/mol. The number of ether oxygens (including phenoxy) is 1. The van der Waals surface area contributed by atoms with E-state index in [1.54, 1.807) is 13.2 Å². The van der Waals surface area contributed by atoms with Crippen LogP contribution in [0.1, 0.15) is 0 Å². The summed E-state index contributed by atoms with van der Waals surface area (Å²) in [6, 6.07) is 0. The molecule has 0 aliphatic carbocycles. The zero-order chi connectivity index (χ0) is 7.82. The van der Waals surface area contributed by atoms with Crippen molar-refractivity contribution < 1.29 is 8.92 Å². The summed E-state index contributed by atoms with van der Waals surface area (Å²) in [5, 5.41) is 0. The van der Waals surface area contributed by atoms with Crippen molar-refractivity contribution in [1.29, 1.82) is 0 Å². The summed E-state index contributed by atoms with van der Waals surface area (Å²) in [5.41, 5.74) is 0. The van der Waals surface area contributed by atoms with Gasteiger partial charge in [-0.05, 0) is 12.0 Å². The molecule has 0 radical (unpaired) electrons. The van der Waals surface area contributed by atoms with Gasteiger partial charge < -0.3 is 8.92 Å². The smallest absolute Gasteiger partial charge is 0.101 e. The minimum atomic E-state index is 0.557. The van der Waals surface area contributed by atoms with Crippen molar-refractivity contribution in [3.8, 4) is 0 Å². The minimum absolute atomic E-state index is 0.557. The first kappa shape index (κ1) is 9.59. The normalized spacial score (nSPS) is 8.90. The lowest BCUT2D eigenvalue weighted by molar-refractivity contribution is 0.296. The van der Waals surface area contributed by atoms with Gasteiger partial charge >= 0.3 is 0 Å². The molecule has 0 unspecified atom stereocenters. The Labute approximate surface area is 66.1 Å². The van der Waals surface area contributed by atoms with E-state index in [9.17, 15) is 0 Å². The fraction of sp³-hybridized carbons (Fsp3) is 0.429. The van der Waals surface area contributed by atoms with Gasteiger partial charge in [-0.2, -0.15) is 0 Å². The van der Waals surface area contributed by atoms with Gasteiger partial charge in [-0.1, -0.05) is 12.7 Å². The van der Waals surface area contributed by atoms with E-state index >= 15 is 0 Å². The van der Waals surface area contributed by atoms with Gasteiger partial charge in [0.25, 0.3) is 0 Å². The second-order valence-corrected chi connectivity index (χ2v) is 2.34. The Morgan fingerprint density at radius 3 is 2.90 bits per heavy atom. The van der Waals surface area contributed by atoms with E-state index < -0.39 is 0 Å². The molecule has 0 bridgehead atoms. The summed E-state index contributed by atoms with van der Waals surface area (Å²) in [7, 11) is 1.59. The Kier molecular flexibility index (Phi) is 6.43. The number of methoxy groups -OCH3 is 1. The summed E-state index contributed by atoms with van der Waals surface area (Å²) in [4.78, 5) is 0. The zero-order valence-corrected chi connectivity index (χ0v) is 6.95. The van der Waals surface area contributed by atoms with E-state index in [4.69, 9.17) is 8.92 Å². The molecule has 58 valence electrons. The highest BCUT2D eigenvalue weighted by atomic mass is 32.2. The highest BCUT2D eigenvalue weighted by Crippen LogP contribution is 2.07. The summed E-state index contributed by atoms with van der Waals surface area (Å²) in [5.74, 6) is 1.39. The average Bonchev–Trinajstić information content (AvgIpc) is 1.98. The van der Waals surface area contributed by atoms with E-state index in [1.165, 1.54) is 12.0 Å². The number of rotatable bonds is 6. The van der Waals surface area contributed by atoms with Crippen LogP contribution >= 0.6 is 12.0 Å². The predicted molar refractivity (Wildman–Crippen MR) is 44.8 cm³/mol. The molecule has 2 nitrogen and oxygen atoms in total. The zero-order valence-electron chi connectivity index (χ0n) is 6.13. The molecule has 0 rings (SSSR count). The van der Waals surface area contributed by atoms with Crippen molar-refractivity contribution >= 4 is 12.0 Å². The topological polar surface area (TPSA) is 18.5 Å². The van der Waals surface area contributed by atoms with Gasteiger partial charge in [0.1, 0.15) is 5.76 Å². The first-order valence-electron chi connectivity index (χ1n) is 2.88. The van der Waals surface area contributed by atoms with Crippen LogP contribution in [-0.4, -0.2) is 19.5 Å². The molecule has 0 atom stereocenters. The van der Waals surface area contributed by atoms with Gasteiger partial charge in [0.05, 0.1) is 19.5 Å². The van der Waals surface area contributed by atoms with Gasteiger partial charge in [-0.3, -0.25) is 0 Å².